The lowest BCUT2D eigenvalue weighted by Crippen LogP contribution is -2.30. The molecular weight excluding hydrogens is 669 g/mol. The Morgan fingerprint density at radius 2 is 0.833 bits per heavy atom. The van der Waals surface area contributed by atoms with Gasteiger partial charge in [0.25, 0.3) is 0 Å². The van der Waals surface area contributed by atoms with Gasteiger partial charge in [0.15, 0.2) is 6.10 Å². The molecule has 5 nitrogen and oxygen atoms in total. The molecule has 0 aromatic carbocycles. The molecule has 54 heavy (non-hydrogen) atoms. The van der Waals surface area contributed by atoms with Crippen LogP contribution >= 0.6 is 0 Å². The first kappa shape index (κ1) is 51.6. The fraction of sp³-hybridized carbons (Fsp3) is 0.755. The summed E-state index contributed by atoms with van der Waals surface area (Å²) in [5, 5.41) is 0. The Labute approximate surface area is 334 Å². The van der Waals surface area contributed by atoms with Gasteiger partial charge in [0.05, 0.1) is 6.61 Å². The normalized spacial score (nSPS) is 12.7. The van der Waals surface area contributed by atoms with E-state index in [-0.39, 0.29) is 25.2 Å². The van der Waals surface area contributed by atoms with Gasteiger partial charge < -0.3 is 14.2 Å². The zero-order valence-corrected chi connectivity index (χ0v) is 35.7. The SMILES string of the molecule is CC/C=C\C/C=C\C/C=C\CCCCCCCCCC(=O)OCC(COCCCCCCCC/C=C\C/C=C\CCCCC)OC(=O)CCCCCCC. The third kappa shape index (κ3) is 42.3. The first-order valence-electron chi connectivity index (χ1n) is 22.8. The molecule has 0 spiro atoms. The average Bonchev–Trinajstić information content (AvgIpc) is 3.17. The molecule has 0 radical (unpaired) electrons. The molecule has 1 atom stereocenters. The van der Waals surface area contributed by atoms with Crippen LogP contribution in [0.3, 0.4) is 0 Å². The first-order chi connectivity index (χ1) is 26.6. The Balaban J connectivity index is 4.09. The van der Waals surface area contributed by atoms with Gasteiger partial charge in [-0.05, 0) is 83.5 Å². The summed E-state index contributed by atoms with van der Waals surface area (Å²) in [5.41, 5.74) is 0. The predicted molar refractivity (Wildman–Crippen MR) is 233 cm³/mol. The van der Waals surface area contributed by atoms with E-state index in [2.05, 4.69) is 81.5 Å². The Morgan fingerprint density at radius 3 is 1.37 bits per heavy atom. The van der Waals surface area contributed by atoms with E-state index >= 15 is 0 Å². The van der Waals surface area contributed by atoms with E-state index in [1.807, 2.05) is 0 Å². The highest BCUT2D eigenvalue weighted by molar-refractivity contribution is 5.70. The Morgan fingerprint density at radius 1 is 0.426 bits per heavy atom. The number of unbranched alkanes of at least 4 members (excludes halogenated alkanes) is 20. The monoisotopic (exact) mass is 755 g/mol. The van der Waals surface area contributed by atoms with Crippen molar-refractivity contribution in [2.75, 3.05) is 19.8 Å². The van der Waals surface area contributed by atoms with Crippen molar-refractivity contribution >= 4 is 11.9 Å². The minimum absolute atomic E-state index is 0.0745. The average molecular weight is 755 g/mol. The summed E-state index contributed by atoms with van der Waals surface area (Å²) < 4.78 is 17.2. The Hall–Kier alpha value is -2.40. The summed E-state index contributed by atoms with van der Waals surface area (Å²) >= 11 is 0. The van der Waals surface area contributed by atoms with Crippen LogP contribution in [0.5, 0.6) is 0 Å². The van der Waals surface area contributed by atoms with Crippen LogP contribution in [0.2, 0.25) is 0 Å². The third-order valence-corrected chi connectivity index (χ3v) is 9.54. The molecule has 0 bridgehead atoms. The van der Waals surface area contributed by atoms with Gasteiger partial charge in [-0.1, -0.05) is 178 Å². The molecule has 0 aromatic rings. The molecule has 312 valence electrons. The van der Waals surface area contributed by atoms with Gasteiger partial charge in [0.1, 0.15) is 6.61 Å². The van der Waals surface area contributed by atoms with Crippen LogP contribution in [0.1, 0.15) is 213 Å². The highest BCUT2D eigenvalue weighted by Crippen LogP contribution is 2.13. The minimum atomic E-state index is -0.541. The standard InChI is InChI=1S/C49H86O5/c1-4-7-10-13-15-17-19-21-23-25-26-28-30-32-34-37-39-42-48(50)53-46-47(54-49(51)43-40-36-12-9-6-3)45-52-44-41-38-35-33-31-29-27-24-22-20-18-16-14-11-8-5-2/h7,10,15-18,21-24,47H,4-6,8-9,11-14,19-20,25-46H2,1-3H3/b10-7-,17-15-,18-16-,23-21-,24-22-. The van der Waals surface area contributed by atoms with E-state index in [1.54, 1.807) is 0 Å². The van der Waals surface area contributed by atoms with Crippen molar-refractivity contribution in [3.63, 3.8) is 0 Å². The van der Waals surface area contributed by atoms with E-state index in [1.165, 1.54) is 96.3 Å². The van der Waals surface area contributed by atoms with Crippen molar-refractivity contribution in [2.24, 2.45) is 0 Å². The molecule has 0 aliphatic heterocycles. The third-order valence-electron chi connectivity index (χ3n) is 9.54. The molecule has 0 fully saturated rings. The van der Waals surface area contributed by atoms with Gasteiger partial charge in [0, 0.05) is 19.4 Å². The largest absolute Gasteiger partial charge is 0.462 e. The summed E-state index contributed by atoms with van der Waals surface area (Å²) in [7, 11) is 0. The van der Waals surface area contributed by atoms with E-state index in [9.17, 15) is 9.59 Å². The number of hydrogen-bond acceptors (Lipinski definition) is 5. The van der Waals surface area contributed by atoms with Gasteiger partial charge in [0.2, 0.25) is 0 Å². The smallest absolute Gasteiger partial charge is 0.306 e. The van der Waals surface area contributed by atoms with Gasteiger partial charge >= 0.3 is 11.9 Å². The number of esters is 2. The maximum Gasteiger partial charge on any atom is 0.306 e. The summed E-state index contributed by atoms with van der Waals surface area (Å²) in [6.45, 7) is 7.59. The molecule has 0 N–H and O–H groups in total. The van der Waals surface area contributed by atoms with Crippen LogP contribution < -0.4 is 0 Å². The lowest BCUT2D eigenvalue weighted by Gasteiger charge is -2.18. The van der Waals surface area contributed by atoms with Crippen molar-refractivity contribution in [1.82, 2.24) is 0 Å². The Kier molecular flexibility index (Phi) is 43.0. The van der Waals surface area contributed by atoms with Crippen LogP contribution in [0.25, 0.3) is 0 Å². The lowest BCUT2D eigenvalue weighted by molar-refractivity contribution is -0.163. The van der Waals surface area contributed by atoms with Crippen LogP contribution in [-0.4, -0.2) is 37.9 Å². The molecule has 0 heterocycles. The van der Waals surface area contributed by atoms with Crippen LogP contribution in [0.15, 0.2) is 60.8 Å². The zero-order chi connectivity index (χ0) is 39.3. The van der Waals surface area contributed by atoms with E-state index in [4.69, 9.17) is 14.2 Å². The number of carbonyl (C=O) groups is 2. The van der Waals surface area contributed by atoms with Gasteiger partial charge in [-0.15, -0.1) is 0 Å². The quantitative estimate of drug-likeness (QED) is 0.0353. The van der Waals surface area contributed by atoms with Crippen molar-refractivity contribution in [3.8, 4) is 0 Å². The molecule has 0 aliphatic rings. The van der Waals surface area contributed by atoms with E-state index < -0.39 is 6.10 Å². The number of carbonyl (C=O) groups excluding carboxylic acids is 2. The van der Waals surface area contributed by atoms with Crippen molar-refractivity contribution < 1.29 is 23.8 Å². The summed E-state index contributed by atoms with van der Waals surface area (Å²) in [4.78, 5) is 25.0. The first-order valence-corrected chi connectivity index (χ1v) is 22.8. The fourth-order valence-electron chi connectivity index (χ4n) is 6.14. The maximum atomic E-state index is 12.5. The second kappa shape index (κ2) is 45.0. The topological polar surface area (TPSA) is 61.8 Å². The summed E-state index contributed by atoms with van der Waals surface area (Å²) in [5.74, 6) is -0.427. The Bertz CT molecular complexity index is 946. The fourth-order valence-corrected chi connectivity index (χ4v) is 6.14. The number of hydrogen-bond donors (Lipinski definition) is 0. The molecule has 0 amide bonds. The number of rotatable bonds is 41. The van der Waals surface area contributed by atoms with E-state index in [0.29, 0.717) is 19.4 Å². The molecule has 0 rings (SSSR count). The molecule has 0 saturated carbocycles. The highest BCUT2D eigenvalue weighted by Gasteiger charge is 2.17. The lowest BCUT2D eigenvalue weighted by atomic mass is 10.1. The number of ether oxygens (including phenoxy) is 3. The molecule has 0 aromatic heterocycles. The van der Waals surface area contributed by atoms with Crippen molar-refractivity contribution in [1.29, 1.82) is 0 Å². The van der Waals surface area contributed by atoms with Crippen molar-refractivity contribution in [2.45, 2.75) is 219 Å². The van der Waals surface area contributed by atoms with Gasteiger partial charge in [-0.2, -0.15) is 0 Å². The minimum Gasteiger partial charge on any atom is -0.462 e. The molecular formula is C49H86O5. The summed E-state index contributed by atoms with van der Waals surface area (Å²) in [6.07, 6.45) is 55.3. The zero-order valence-electron chi connectivity index (χ0n) is 35.7. The van der Waals surface area contributed by atoms with Crippen LogP contribution in [-0.2, 0) is 23.8 Å². The second-order valence-electron chi connectivity index (χ2n) is 14.9. The maximum absolute atomic E-state index is 12.5. The van der Waals surface area contributed by atoms with Crippen molar-refractivity contribution in [3.05, 3.63) is 60.8 Å². The highest BCUT2D eigenvalue weighted by atomic mass is 16.6. The molecule has 0 aliphatic carbocycles. The molecule has 1 unspecified atom stereocenters. The predicted octanol–water partition coefficient (Wildman–Crippen LogP) is 15.0. The van der Waals surface area contributed by atoms with E-state index in [0.717, 1.165) is 83.5 Å². The number of allylic oxidation sites excluding steroid dienone is 10. The van der Waals surface area contributed by atoms with Crippen LogP contribution in [0.4, 0.5) is 0 Å². The molecule has 5 heteroatoms. The summed E-state index contributed by atoms with van der Waals surface area (Å²) in [6, 6.07) is 0. The molecule has 0 saturated heterocycles. The second-order valence-corrected chi connectivity index (χ2v) is 14.9. The van der Waals surface area contributed by atoms with Gasteiger partial charge in [-0.25, -0.2) is 0 Å². The van der Waals surface area contributed by atoms with Crippen LogP contribution in [0, 0.1) is 0 Å². The van der Waals surface area contributed by atoms with Gasteiger partial charge in [-0.3, -0.25) is 9.59 Å².